The molecule has 2 amide bonds. The third-order valence-corrected chi connectivity index (χ3v) is 15.3. The lowest BCUT2D eigenvalue weighted by Crippen LogP contribution is -2.48. The Hall–Kier alpha value is -5.04. The summed E-state index contributed by atoms with van der Waals surface area (Å²) >= 11 is 1.80. The highest BCUT2D eigenvalue weighted by Gasteiger charge is 2.40. The number of carbonyl (C=O) groups is 2. The molecule has 0 radical (unpaired) electrons. The zero-order valence-corrected chi connectivity index (χ0v) is 45.1. The van der Waals surface area contributed by atoms with Crippen molar-refractivity contribution < 1.29 is 49.8 Å². The van der Waals surface area contributed by atoms with Gasteiger partial charge < -0.3 is 20.9 Å². The molecule has 4 fully saturated rings. The molecule has 8 rings (SSSR count). The van der Waals surface area contributed by atoms with Crippen LogP contribution in [0.2, 0.25) is 0 Å². The second-order valence-electron chi connectivity index (χ2n) is 19.7. The molecule has 1 atom stereocenters. The summed E-state index contributed by atoms with van der Waals surface area (Å²) < 4.78 is 107. The third kappa shape index (κ3) is 20.1. The monoisotopic (exact) mass is 1100 g/mol. The lowest BCUT2D eigenvalue weighted by Gasteiger charge is -2.34. The fraction of sp³-hybridized carbons (Fsp3) is 0.518. The number of hydrogen-bond acceptors (Lipinski definition) is 11. The Morgan fingerprint density at radius 2 is 1.11 bits per heavy atom. The molecule has 1 unspecified atom stereocenters. The summed E-state index contributed by atoms with van der Waals surface area (Å²) in [6.07, 6.45) is 14.5. The molecule has 11 nitrogen and oxygen atoms in total. The molecule has 4 aliphatic rings. The van der Waals surface area contributed by atoms with Crippen LogP contribution in [0, 0.1) is 40.4 Å². The molecule has 6 N–H and O–H groups in total. The number of amides is 2. The maximum atomic E-state index is 13.6. The van der Waals surface area contributed by atoms with Gasteiger partial charge in [-0.25, -0.2) is 30.7 Å². The molecule has 3 aliphatic heterocycles. The van der Waals surface area contributed by atoms with Gasteiger partial charge in [-0.3, -0.25) is 28.8 Å². The molecular weight excluding hydrogens is 1030 g/mol. The van der Waals surface area contributed by atoms with Gasteiger partial charge in [0.05, 0.1) is 11.3 Å². The minimum Gasteiger partial charge on any atom is -0.395 e. The summed E-state index contributed by atoms with van der Waals surface area (Å²) in [6, 6.07) is 20.1. The van der Waals surface area contributed by atoms with Crippen LogP contribution in [0.25, 0.3) is 0 Å². The summed E-state index contributed by atoms with van der Waals surface area (Å²) in [4.78, 5) is 29.4. The summed E-state index contributed by atoms with van der Waals surface area (Å²) in [5.74, 6) is -3.24. The van der Waals surface area contributed by atoms with Gasteiger partial charge in [-0.05, 0) is 174 Å². The summed E-state index contributed by atoms with van der Waals surface area (Å²) in [5.41, 5.74) is 10.7. The van der Waals surface area contributed by atoms with Gasteiger partial charge in [0.2, 0.25) is 0 Å². The number of aryl methyl sites for hydroxylation is 2. The Balaban J connectivity index is 0.000000188. The fourth-order valence-electron chi connectivity index (χ4n) is 8.90. The van der Waals surface area contributed by atoms with Crippen molar-refractivity contribution in [3.05, 3.63) is 119 Å². The van der Waals surface area contributed by atoms with E-state index in [0.717, 1.165) is 133 Å². The summed E-state index contributed by atoms with van der Waals surface area (Å²) in [7, 11) is 1.53. The Bertz CT molecular complexity index is 2380. The van der Waals surface area contributed by atoms with Crippen LogP contribution in [-0.2, 0) is 31.9 Å². The van der Waals surface area contributed by atoms with Crippen molar-refractivity contribution in [1.29, 1.82) is 5.26 Å². The number of unbranched alkanes of at least 4 members (excludes halogenated alkanes) is 4. The highest BCUT2D eigenvalue weighted by atomic mass is 32.2. The molecule has 20 heteroatoms. The zero-order valence-electron chi connectivity index (χ0n) is 43.4. The molecule has 4 aromatic rings. The smallest absolute Gasteiger partial charge is 0.262 e. The van der Waals surface area contributed by atoms with Gasteiger partial charge in [0.25, 0.3) is 11.8 Å². The SMILES string of the molecule is CC1(C(=O)NSc2cc(F)c(N)c(F)c2)CCCCO1.COC1(C(=O)NSc2cc(F)c(N)c(C#N)c2)CCCCC1.Fc1ccc(CCCCCN2CC(F)C2)cc1.Fc1ccc(CCCCCN2CC(F)C2)cc1. The van der Waals surface area contributed by atoms with E-state index < -0.39 is 46.7 Å². The minimum absolute atomic E-state index is 0.0517. The summed E-state index contributed by atoms with van der Waals surface area (Å²) in [6.45, 7) is 6.78. The maximum Gasteiger partial charge on any atom is 0.262 e. The number of rotatable bonds is 19. The first-order chi connectivity index (χ1) is 36.4. The number of nitrogens with zero attached hydrogens (tertiary/aromatic N) is 3. The van der Waals surface area contributed by atoms with Gasteiger partial charge in [-0.1, -0.05) is 56.4 Å². The van der Waals surface area contributed by atoms with Crippen molar-refractivity contribution >= 4 is 47.1 Å². The number of nitriles is 1. The van der Waals surface area contributed by atoms with E-state index >= 15 is 0 Å². The Labute approximate surface area is 451 Å². The fourth-order valence-corrected chi connectivity index (χ4v) is 10.4. The van der Waals surface area contributed by atoms with E-state index in [4.69, 9.17) is 26.2 Å². The van der Waals surface area contributed by atoms with Gasteiger partial charge in [0, 0.05) is 49.7 Å². The quantitative estimate of drug-likeness (QED) is 0.0306. The largest absolute Gasteiger partial charge is 0.395 e. The van der Waals surface area contributed by atoms with Gasteiger partial charge in [-0.15, -0.1) is 0 Å². The lowest BCUT2D eigenvalue weighted by molar-refractivity contribution is -0.148. The number of ether oxygens (including phenoxy) is 2. The van der Waals surface area contributed by atoms with Gasteiger partial charge >= 0.3 is 0 Å². The van der Waals surface area contributed by atoms with Crippen molar-refractivity contribution in [1.82, 2.24) is 19.2 Å². The number of carbonyl (C=O) groups excluding carboxylic acids is 2. The molecule has 0 aromatic heterocycles. The van der Waals surface area contributed by atoms with Crippen LogP contribution >= 0.6 is 23.9 Å². The minimum atomic E-state index is -0.879. The van der Waals surface area contributed by atoms with Gasteiger partial charge in [0.15, 0.2) is 0 Å². The number of halogens is 7. The van der Waals surface area contributed by atoms with Crippen LogP contribution in [0.1, 0.15) is 114 Å². The number of nitrogens with two attached hydrogens (primary N) is 2. The summed E-state index contributed by atoms with van der Waals surface area (Å²) in [5, 5.41) is 8.91. The Kier molecular flexibility index (Phi) is 25.5. The third-order valence-electron chi connectivity index (χ3n) is 13.7. The first-order valence-corrected chi connectivity index (χ1v) is 27.6. The van der Waals surface area contributed by atoms with Gasteiger partial charge in [0.1, 0.15) is 64.4 Å². The molecule has 4 aromatic carbocycles. The van der Waals surface area contributed by atoms with Crippen LogP contribution in [0.4, 0.5) is 42.1 Å². The molecule has 0 spiro atoms. The number of benzene rings is 4. The molecule has 3 saturated heterocycles. The normalized spacial score (nSPS) is 18.4. The Morgan fingerprint density at radius 3 is 1.54 bits per heavy atom. The molecule has 3 heterocycles. The van der Waals surface area contributed by atoms with Crippen molar-refractivity contribution in [3.63, 3.8) is 0 Å². The van der Waals surface area contributed by atoms with Crippen molar-refractivity contribution in [2.24, 2.45) is 0 Å². The first kappa shape index (κ1) is 61.8. The highest BCUT2D eigenvalue weighted by molar-refractivity contribution is 7.98. The molecule has 416 valence electrons. The molecule has 0 bridgehead atoms. The topological polar surface area (TPSA) is 159 Å². The standard InChI is InChI=1S/C15H18FN3O2S.2C14H19F2N.C13H16F2N2O2S/c1-21-15(5-3-2-4-6-15)14(20)19-22-11-7-10(9-17)13(18)12(16)8-11;2*15-13-7-5-12(6-8-13)4-2-1-3-9-17-10-14(16)11-17;1-13(4-2-3-5-19-13)12(18)17-20-8-6-9(14)11(16)10(15)7-8/h7-8H,2-6,18H2,1H3,(H,19,20);2*5-8,14H,1-4,9-11H2;6-7H,2-5,16H2,1H3,(H,17,18). The number of anilines is 2. The highest BCUT2D eigenvalue weighted by Crippen LogP contribution is 2.33. The molecule has 1 aliphatic carbocycles. The maximum absolute atomic E-state index is 13.6. The lowest BCUT2D eigenvalue weighted by atomic mass is 9.84. The number of nitrogens with one attached hydrogen (secondary N) is 2. The predicted octanol–water partition coefficient (Wildman–Crippen LogP) is 11.8. The second-order valence-corrected chi connectivity index (χ2v) is 21.5. The van der Waals surface area contributed by atoms with Crippen molar-refractivity contribution in [2.45, 2.75) is 143 Å². The van der Waals surface area contributed by atoms with E-state index in [0.29, 0.717) is 56.9 Å². The van der Waals surface area contributed by atoms with E-state index in [2.05, 4.69) is 19.2 Å². The average Bonchev–Trinajstić information content (AvgIpc) is 3.40. The van der Waals surface area contributed by atoms with Crippen LogP contribution in [0.15, 0.2) is 82.6 Å². The predicted molar refractivity (Wildman–Crippen MR) is 286 cm³/mol. The average molecular weight is 1100 g/mol. The van der Waals surface area contributed by atoms with E-state index in [9.17, 15) is 40.3 Å². The van der Waals surface area contributed by atoms with E-state index in [1.807, 2.05) is 30.3 Å². The van der Waals surface area contributed by atoms with Crippen LogP contribution in [0.5, 0.6) is 0 Å². The molecule has 76 heavy (non-hydrogen) atoms. The number of hydrogen-bond donors (Lipinski definition) is 4. The van der Waals surface area contributed by atoms with Crippen LogP contribution in [-0.4, -0.2) is 98.1 Å². The van der Waals surface area contributed by atoms with Crippen molar-refractivity contribution in [3.8, 4) is 6.07 Å². The first-order valence-electron chi connectivity index (χ1n) is 26.0. The van der Waals surface area contributed by atoms with Crippen LogP contribution in [0.3, 0.4) is 0 Å². The number of likely N-dealkylation sites (tertiary alicyclic amines) is 2. The number of methoxy groups -OCH3 is 1. The number of nitrogen functional groups attached to an aromatic ring is 2. The van der Waals surface area contributed by atoms with Crippen LogP contribution < -0.4 is 20.9 Å². The van der Waals surface area contributed by atoms with E-state index in [-0.39, 0.29) is 39.6 Å². The molecular formula is C56H72F7N7O4S2. The zero-order chi connectivity index (χ0) is 55.1. The second kappa shape index (κ2) is 31.4. The Morgan fingerprint density at radius 1 is 0.658 bits per heavy atom. The molecule has 1 saturated carbocycles. The van der Waals surface area contributed by atoms with E-state index in [1.165, 1.54) is 54.6 Å². The van der Waals surface area contributed by atoms with Crippen molar-refractivity contribution in [2.75, 3.05) is 64.5 Å². The van der Waals surface area contributed by atoms with Gasteiger partial charge in [-0.2, -0.15) is 5.26 Å². The van der Waals surface area contributed by atoms with E-state index in [1.54, 1.807) is 6.92 Å². The number of alkyl halides is 2.